The van der Waals surface area contributed by atoms with Crippen LogP contribution < -0.4 is 15.4 Å². The smallest absolute Gasteiger partial charge is 0.311 e. The minimum Gasteiger partial charge on any atom is -0.466 e. The Morgan fingerprint density at radius 3 is 2.50 bits per heavy atom. The molecular formula is C18H21ClN4O3. The van der Waals surface area contributed by atoms with Crippen molar-refractivity contribution >= 4 is 29.2 Å². The second kappa shape index (κ2) is 8.23. The zero-order chi connectivity index (χ0) is 18.5. The van der Waals surface area contributed by atoms with Crippen molar-refractivity contribution in [3.63, 3.8) is 0 Å². The van der Waals surface area contributed by atoms with Gasteiger partial charge in [-0.3, -0.25) is 14.6 Å². The number of carbonyl (C=O) groups excluding carboxylic acids is 1. The molecule has 0 saturated carbocycles. The SMILES string of the molecule is CCOC(=O)Cc1cc(=O)[nH]c(N2CCN(c3ccc(Cl)cc3)CC2)n1. The van der Waals surface area contributed by atoms with E-state index in [0.717, 1.165) is 18.8 Å². The number of benzene rings is 1. The Hall–Kier alpha value is -2.54. The van der Waals surface area contributed by atoms with Gasteiger partial charge in [-0.05, 0) is 31.2 Å². The van der Waals surface area contributed by atoms with Crippen LogP contribution in [0.1, 0.15) is 12.6 Å². The second-order valence-electron chi connectivity index (χ2n) is 5.99. The van der Waals surface area contributed by atoms with Crippen molar-refractivity contribution in [3.05, 3.63) is 51.4 Å². The molecule has 2 aromatic rings. The van der Waals surface area contributed by atoms with Crippen LogP contribution in [0.15, 0.2) is 35.1 Å². The van der Waals surface area contributed by atoms with Crippen molar-refractivity contribution in [2.45, 2.75) is 13.3 Å². The minimum absolute atomic E-state index is 0.00446. The lowest BCUT2D eigenvalue weighted by molar-refractivity contribution is -0.142. The van der Waals surface area contributed by atoms with Crippen LogP contribution in [-0.4, -0.2) is 48.7 Å². The maximum Gasteiger partial charge on any atom is 0.311 e. The van der Waals surface area contributed by atoms with Crippen LogP contribution in [0.4, 0.5) is 11.6 Å². The van der Waals surface area contributed by atoms with Crippen LogP contribution in [0, 0.1) is 0 Å². The zero-order valence-electron chi connectivity index (χ0n) is 14.6. The van der Waals surface area contributed by atoms with Gasteiger partial charge in [0.1, 0.15) is 0 Å². The number of ether oxygens (including phenoxy) is 1. The summed E-state index contributed by atoms with van der Waals surface area (Å²) in [6, 6.07) is 9.09. The molecule has 0 aliphatic carbocycles. The highest BCUT2D eigenvalue weighted by Crippen LogP contribution is 2.20. The number of hydrogen-bond acceptors (Lipinski definition) is 6. The Kier molecular flexibility index (Phi) is 5.78. The average Bonchev–Trinajstić information content (AvgIpc) is 2.62. The summed E-state index contributed by atoms with van der Waals surface area (Å²) in [6.07, 6.45) is -0.00446. The largest absolute Gasteiger partial charge is 0.466 e. The van der Waals surface area contributed by atoms with Crippen molar-refractivity contribution < 1.29 is 9.53 Å². The average molecular weight is 377 g/mol. The first-order valence-corrected chi connectivity index (χ1v) is 8.94. The standard InChI is InChI=1S/C18H21ClN4O3/c1-2-26-17(25)12-14-11-16(24)21-18(20-14)23-9-7-22(8-10-23)15-5-3-13(19)4-6-15/h3-6,11H,2,7-10,12H2,1H3,(H,20,21,24). The highest BCUT2D eigenvalue weighted by molar-refractivity contribution is 6.30. The highest BCUT2D eigenvalue weighted by atomic mass is 35.5. The van der Waals surface area contributed by atoms with Gasteiger partial charge in [0.2, 0.25) is 5.95 Å². The molecule has 1 N–H and O–H groups in total. The number of nitrogens with zero attached hydrogens (tertiary/aromatic N) is 3. The van der Waals surface area contributed by atoms with E-state index in [9.17, 15) is 9.59 Å². The van der Waals surface area contributed by atoms with E-state index < -0.39 is 0 Å². The van der Waals surface area contributed by atoms with Gasteiger partial charge in [0.15, 0.2) is 0 Å². The van der Waals surface area contributed by atoms with E-state index in [1.54, 1.807) is 6.92 Å². The molecule has 0 atom stereocenters. The second-order valence-corrected chi connectivity index (χ2v) is 6.43. The van der Waals surface area contributed by atoms with E-state index in [1.807, 2.05) is 29.2 Å². The van der Waals surface area contributed by atoms with Crippen molar-refractivity contribution in [1.29, 1.82) is 0 Å². The molecule has 1 saturated heterocycles. The predicted molar refractivity (Wildman–Crippen MR) is 101 cm³/mol. The van der Waals surface area contributed by atoms with Gasteiger partial charge in [0, 0.05) is 43.0 Å². The van der Waals surface area contributed by atoms with Gasteiger partial charge >= 0.3 is 5.97 Å². The summed E-state index contributed by atoms with van der Waals surface area (Å²) in [7, 11) is 0. The maximum absolute atomic E-state index is 11.9. The van der Waals surface area contributed by atoms with Crippen molar-refractivity contribution in [1.82, 2.24) is 9.97 Å². The lowest BCUT2D eigenvalue weighted by Gasteiger charge is -2.36. The number of H-pyrrole nitrogens is 1. The minimum atomic E-state index is -0.385. The van der Waals surface area contributed by atoms with Crippen molar-refractivity contribution in [3.8, 4) is 0 Å². The van der Waals surface area contributed by atoms with Crippen molar-refractivity contribution in [2.75, 3.05) is 42.6 Å². The number of hydrogen-bond donors (Lipinski definition) is 1. The third-order valence-electron chi connectivity index (χ3n) is 4.18. The fraction of sp³-hybridized carbons (Fsp3) is 0.389. The molecule has 3 rings (SSSR count). The summed E-state index contributed by atoms with van der Waals surface area (Å²) >= 11 is 5.94. The van der Waals surface area contributed by atoms with E-state index in [-0.39, 0.29) is 17.9 Å². The number of rotatable bonds is 5. The number of piperazine rings is 1. The molecule has 0 amide bonds. The first kappa shape index (κ1) is 18.3. The molecule has 0 radical (unpaired) electrons. The molecule has 1 aliphatic rings. The molecular weight excluding hydrogens is 356 g/mol. The highest BCUT2D eigenvalue weighted by Gasteiger charge is 2.20. The Bertz CT molecular complexity index is 814. The third-order valence-corrected chi connectivity index (χ3v) is 4.44. The number of halogens is 1. The summed E-state index contributed by atoms with van der Waals surface area (Å²) in [5.41, 5.74) is 1.27. The Labute approximate surface area is 156 Å². The summed E-state index contributed by atoms with van der Waals surface area (Å²) in [4.78, 5) is 35.0. The van der Waals surface area contributed by atoms with E-state index in [2.05, 4.69) is 14.9 Å². The van der Waals surface area contributed by atoms with Gasteiger partial charge in [-0.15, -0.1) is 0 Å². The maximum atomic E-state index is 11.9. The van der Waals surface area contributed by atoms with Gasteiger partial charge in [-0.2, -0.15) is 0 Å². The lowest BCUT2D eigenvalue weighted by Crippen LogP contribution is -2.47. The number of aromatic nitrogens is 2. The molecule has 138 valence electrons. The van der Waals surface area contributed by atoms with Crippen LogP contribution in [0.2, 0.25) is 5.02 Å². The summed E-state index contributed by atoms with van der Waals surface area (Å²) in [5, 5.41) is 0.715. The molecule has 0 bridgehead atoms. The number of anilines is 2. The first-order chi connectivity index (χ1) is 12.5. The lowest BCUT2D eigenvalue weighted by atomic mass is 10.2. The molecule has 8 heteroatoms. The molecule has 1 fully saturated rings. The summed E-state index contributed by atoms with van der Waals surface area (Å²) < 4.78 is 4.92. The molecule has 26 heavy (non-hydrogen) atoms. The number of nitrogens with one attached hydrogen (secondary N) is 1. The molecule has 1 aliphatic heterocycles. The molecule has 1 aromatic carbocycles. The van der Waals surface area contributed by atoms with Gasteiger partial charge in [0.25, 0.3) is 5.56 Å². The van der Waals surface area contributed by atoms with Gasteiger partial charge in [-0.1, -0.05) is 11.6 Å². The number of aromatic amines is 1. The van der Waals surface area contributed by atoms with E-state index >= 15 is 0 Å². The zero-order valence-corrected chi connectivity index (χ0v) is 15.3. The van der Waals surface area contributed by atoms with Gasteiger partial charge < -0.3 is 14.5 Å². The molecule has 2 heterocycles. The van der Waals surface area contributed by atoms with Crippen LogP contribution in [-0.2, 0) is 16.0 Å². The normalized spacial score (nSPS) is 14.4. The number of esters is 1. The monoisotopic (exact) mass is 376 g/mol. The molecule has 1 aromatic heterocycles. The van der Waals surface area contributed by atoms with Gasteiger partial charge in [-0.25, -0.2) is 4.98 Å². The van der Waals surface area contributed by atoms with Gasteiger partial charge in [0.05, 0.1) is 18.7 Å². The fourth-order valence-electron chi connectivity index (χ4n) is 2.92. The topological polar surface area (TPSA) is 78.5 Å². The molecule has 7 nitrogen and oxygen atoms in total. The van der Waals surface area contributed by atoms with Crippen LogP contribution in [0.25, 0.3) is 0 Å². The van der Waals surface area contributed by atoms with Crippen molar-refractivity contribution in [2.24, 2.45) is 0 Å². The third kappa shape index (κ3) is 4.54. The fourth-order valence-corrected chi connectivity index (χ4v) is 3.05. The summed E-state index contributed by atoms with van der Waals surface area (Å²) in [6.45, 7) is 5.08. The summed E-state index contributed by atoms with van der Waals surface area (Å²) in [5.74, 6) is 0.108. The van der Waals surface area contributed by atoms with E-state index in [0.29, 0.717) is 36.4 Å². The van der Waals surface area contributed by atoms with Crippen LogP contribution in [0.3, 0.4) is 0 Å². The molecule has 0 spiro atoms. The first-order valence-electron chi connectivity index (χ1n) is 8.56. The quantitative estimate of drug-likeness (QED) is 0.802. The van der Waals surface area contributed by atoms with E-state index in [1.165, 1.54) is 6.07 Å². The number of carbonyl (C=O) groups is 1. The van der Waals surface area contributed by atoms with E-state index in [4.69, 9.17) is 16.3 Å². The van der Waals surface area contributed by atoms with Crippen LogP contribution >= 0.6 is 11.6 Å². The Morgan fingerprint density at radius 2 is 1.85 bits per heavy atom. The Morgan fingerprint density at radius 1 is 1.19 bits per heavy atom. The van der Waals surface area contributed by atoms with Crippen LogP contribution in [0.5, 0.6) is 0 Å². The predicted octanol–water partition coefficient (Wildman–Crippen LogP) is 1.86. The molecule has 0 unspecified atom stereocenters. The Balaban J connectivity index is 1.67.